The Kier molecular flexibility index (Phi) is 3.54. The Morgan fingerprint density at radius 3 is 2.76 bits per heavy atom. The van der Waals surface area contributed by atoms with Gasteiger partial charge in [0, 0.05) is 24.0 Å². The molecule has 4 heteroatoms. The molecule has 2 aromatic heterocycles. The zero-order chi connectivity index (χ0) is 12.3. The first kappa shape index (κ1) is 11.8. The predicted molar refractivity (Wildman–Crippen MR) is 65.6 cm³/mol. The van der Waals surface area contributed by atoms with E-state index in [4.69, 9.17) is 10.3 Å². The minimum Gasteiger partial charge on any atom is -0.361 e. The van der Waals surface area contributed by atoms with Gasteiger partial charge in [0.1, 0.15) is 5.76 Å². The van der Waals surface area contributed by atoms with Gasteiger partial charge in [-0.25, -0.2) is 0 Å². The van der Waals surface area contributed by atoms with Gasteiger partial charge in [0.15, 0.2) is 0 Å². The molecule has 4 nitrogen and oxygen atoms in total. The number of aryl methyl sites for hydroxylation is 2. The second-order valence-electron chi connectivity index (χ2n) is 4.33. The summed E-state index contributed by atoms with van der Waals surface area (Å²) >= 11 is 0. The lowest BCUT2D eigenvalue weighted by Gasteiger charge is -2.10. The van der Waals surface area contributed by atoms with Crippen molar-refractivity contribution in [3.63, 3.8) is 0 Å². The smallest absolute Gasteiger partial charge is 0.137 e. The molecule has 17 heavy (non-hydrogen) atoms. The number of hydrogen-bond donors (Lipinski definition) is 1. The summed E-state index contributed by atoms with van der Waals surface area (Å²) in [5.41, 5.74) is 9.36. The van der Waals surface area contributed by atoms with Crippen LogP contribution in [0.2, 0.25) is 0 Å². The van der Waals surface area contributed by atoms with Crippen molar-refractivity contribution in [2.24, 2.45) is 5.73 Å². The van der Waals surface area contributed by atoms with Crippen molar-refractivity contribution in [2.75, 3.05) is 0 Å². The van der Waals surface area contributed by atoms with Crippen LogP contribution in [0.3, 0.4) is 0 Å². The summed E-state index contributed by atoms with van der Waals surface area (Å²) in [4.78, 5) is 4.08. The van der Waals surface area contributed by atoms with E-state index in [0.29, 0.717) is 0 Å². The van der Waals surface area contributed by atoms with Gasteiger partial charge in [0.2, 0.25) is 0 Å². The van der Waals surface area contributed by atoms with Gasteiger partial charge in [-0.2, -0.15) is 0 Å². The van der Waals surface area contributed by atoms with Crippen LogP contribution in [0.5, 0.6) is 0 Å². The quantitative estimate of drug-likeness (QED) is 0.871. The third-order valence-corrected chi connectivity index (χ3v) is 2.87. The number of nitrogens with two attached hydrogens (primary N) is 1. The van der Waals surface area contributed by atoms with E-state index in [-0.39, 0.29) is 6.04 Å². The molecule has 0 aromatic carbocycles. The Morgan fingerprint density at radius 2 is 2.18 bits per heavy atom. The summed E-state index contributed by atoms with van der Waals surface area (Å²) in [6.45, 7) is 3.87. The first-order valence-electron chi connectivity index (χ1n) is 5.73. The highest BCUT2D eigenvalue weighted by atomic mass is 16.5. The van der Waals surface area contributed by atoms with E-state index in [1.807, 2.05) is 32.2 Å². The fourth-order valence-corrected chi connectivity index (χ4v) is 1.95. The van der Waals surface area contributed by atoms with Gasteiger partial charge >= 0.3 is 0 Å². The van der Waals surface area contributed by atoms with Crippen molar-refractivity contribution in [3.8, 4) is 0 Å². The van der Waals surface area contributed by atoms with Crippen LogP contribution in [-0.2, 0) is 12.8 Å². The summed E-state index contributed by atoms with van der Waals surface area (Å²) in [5, 5.41) is 3.93. The summed E-state index contributed by atoms with van der Waals surface area (Å²) in [5.74, 6) is 0.865. The fraction of sp³-hybridized carbons (Fsp3) is 0.385. The van der Waals surface area contributed by atoms with E-state index in [2.05, 4.69) is 10.1 Å². The SMILES string of the molecule is Cc1noc(C)c1CC(N)Cc1cccnc1. The maximum atomic E-state index is 6.14. The van der Waals surface area contributed by atoms with Crippen LogP contribution in [0, 0.1) is 13.8 Å². The van der Waals surface area contributed by atoms with Crippen LogP contribution in [0.4, 0.5) is 0 Å². The van der Waals surface area contributed by atoms with Gasteiger partial charge in [-0.3, -0.25) is 4.98 Å². The molecule has 1 atom stereocenters. The minimum absolute atomic E-state index is 0.0657. The third-order valence-electron chi connectivity index (χ3n) is 2.87. The molecule has 0 radical (unpaired) electrons. The summed E-state index contributed by atoms with van der Waals surface area (Å²) in [6, 6.07) is 4.04. The van der Waals surface area contributed by atoms with Gasteiger partial charge in [-0.05, 0) is 38.3 Å². The van der Waals surface area contributed by atoms with Crippen LogP contribution < -0.4 is 5.73 Å². The molecule has 90 valence electrons. The molecule has 0 aliphatic rings. The summed E-state index contributed by atoms with van der Waals surface area (Å²) in [7, 11) is 0. The number of hydrogen-bond acceptors (Lipinski definition) is 4. The Bertz CT molecular complexity index is 459. The first-order chi connectivity index (χ1) is 8.16. The van der Waals surface area contributed by atoms with Crippen molar-refractivity contribution in [3.05, 3.63) is 47.1 Å². The van der Waals surface area contributed by atoms with Crippen molar-refractivity contribution >= 4 is 0 Å². The van der Waals surface area contributed by atoms with Gasteiger partial charge in [-0.1, -0.05) is 11.2 Å². The number of rotatable bonds is 4. The lowest BCUT2D eigenvalue weighted by molar-refractivity contribution is 0.392. The largest absolute Gasteiger partial charge is 0.361 e. The van der Waals surface area contributed by atoms with Crippen LogP contribution in [0.25, 0.3) is 0 Å². The average Bonchev–Trinajstić information content (AvgIpc) is 2.62. The normalized spacial score (nSPS) is 12.6. The zero-order valence-corrected chi connectivity index (χ0v) is 10.2. The van der Waals surface area contributed by atoms with Crippen LogP contribution in [-0.4, -0.2) is 16.2 Å². The Balaban J connectivity index is 2.01. The topological polar surface area (TPSA) is 64.9 Å². The lowest BCUT2D eigenvalue weighted by atomic mass is 10.00. The summed E-state index contributed by atoms with van der Waals surface area (Å²) < 4.78 is 5.13. The third kappa shape index (κ3) is 2.91. The van der Waals surface area contributed by atoms with Crippen LogP contribution in [0.15, 0.2) is 29.0 Å². The van der Waals surface area contributed by atoms with Gasteiger partial charge < -0.3 is 10.3 Å². The van der Waals surface area contributed by atoms with Crippen molar-refractivity contribution in [2.45, 2.75) is 32.7 Å². The van der Waals surface area contributed by atoms with E-state index in [0.717, 1.165) is 35.4 Å². The molecule has 2 heterocycles. The van der Waals surface area contributed by atoms with Crippen LogP contribution in [0.1, 0.15) is 22.6 Å². The number of nitrogens with zero attached hydrogens (tertiary/aromatic N) is 2. The minimum atomic E-state index is 0.0657. The number of aromatic nitrogens is 2. The molecule has 0 spiro atoms. The maximum absolute atomic E-state index is 6.14. The molecule has 1 unspecified atom stereocenters. The van der Waals surface area contributed by atoms with Gasteiger partial charge in [0.25, 0.3) is 0 Å². The molecule has 2 aromatic rings. The van der Waals surface area contributed by atoms with Gasteiger partial charge in [-0.15, -0.1) is 0 Å². The van der Waals surface area contributed by atoms with E-state index in [1.165, 1.54) is 0 Å². The van der Waals surface area contributed by atoms with Gasteiger partial charge in [0.05, 0.1) is 5.69 Å². The lowest BCUT2D eigenvalue weighted by Crippen LogP contribution is -2.26. The monoisotopic (exact) mass is 231 g/mol. The second kappa shape index (κ2) is 5.10. The molecule has 0 fully saturated rings. The molecule has 0 bridgehead atoms. The molecular formula is C13H17N3O. The average molecular weight is 231 g/mol. The van der Waals surface area contributed by atoms with E-state index in [9.17, 15) is 0 Å². The molecule has 0 saturated heterocycles. The van der Waals surface area contributed by atoms with Crippen molar-refractivity contribution < 1.29 is 4.52 Å². The number of pyridine rings is 1. The molecule has 0 aliphatic carbocycles. The predicted octanol–water partition coefficient (Wildman–Crippen LogP) is 1.80. The van der Waals surface area contributed by atoms with Crippen LogP contribution >= 0.6 is 0 Å². The van der Waals surface area contributed by atoms with Crippen molar-refractivity contribution in [1.29, 1.82) is 0 Å². The fourth-order valence-electron chi connectivity index (χ4n) is 1.95. The molecular weight excluding hydrogens is 214 g/mol. The van der Waals surface area contributed by atoms with E-state index < -0.39 is 0 Å². The molecule has 2 N–H and O–H groups in total. The van der Waals surface area contributed by atoms with E-state index in [1.54, 1.807) is 6.20 Å². The highest BCUT2D eigenvalue weighted by Crippen LogP contribution is 2.15. The molecule has 2 rings (SSSR count). The second-order valence-corrected chi connectivity index (χ2v) is 4.33. The molecule has 0 aliphatic heterocycles. The molecule has 0 amide bonds. The zero-order valence-electron chi connectivity index (χ0n) is 10.2. The van der Waals surface area contributed by atoms with E-state index >= 15 is 0 Å². The Hall–Kier alpha value is -1.68. The summed E-state index contributed by atoms with van der Waals surface area (Å²) in [6.07, 6.45) is 5.23. The highest BCUT2D eigenvalue weighted by Gasteiger charge is 2.13. The first-order valence-corrected chi connectivity index (χ1v) is 5.73. The standard InChI is InChI=1S/C13H17N3O/c1-9-13(10(2)17-16-9)7-12(14)6-11-4-3-5-15-8-11/h3-5,8,12H,6-7,14H2,1-2H3. The van der Waals surface area contributed by atoms with Crippen molar-refractivity contribution in [1.82, 2.24) is 10.1 Å². The Morgan fingerprint density at radius 1 is 1.35 bits per heavy atom. The highest BCUT2D eigenvalue weighted by molar-refractivity contribution is 5.22. The molecule has 0 saturated carbocycles. The maximum Gasteiger partial charge on any atom is 0.137 e. The Labute approximate surface area is 101 Å².